The zero-order chi connectivity index (χ0) is 24.9. The minimum Gasteiger partial charge on any atom is -0.343 e. The summed E-state index contributed by atoms with van der Waals surface area (Å²) in [6.45, 7) is 5.00. The minimum absolute atomic E-state index is 1.29. The topological polar surface area (TPSA) is 4.93 Å². The van der Waals surface area contributed by atoms with Crippen LogP contribution >= 0.6 is 0 Å². The highest BCUT2D eigenvalue weighted by Crippen LogP contribution is 2.44. The molecule has 7 aromatic rings. The van der Waals surface area contributed by atoms with Crippen molar-refractivity contribution in [3.8, 4) is 22.3 Å². The molecular weight excluding hydrogens is 462 g/mol. The van der Waals surface area contributed by atoms with E-state index in [1.165, 1.54) is 65.6 Å². The normalized spacial score (nSPS) is 14.0. The van der Waals surface area contributed by atoms with E-state index in [1.807, 2.05) is 0 Å². The molecule has 8 rings (SSSR count). The molecule has 1 aliphatic rings. The van der Waals surface area contributed by atoms with Crippen LogP contribution in [-0.4, -0.2) is 12.6 Å². The lowest BCUT2D eigenvalue weighted by Crippen LogP contribution is -2.49. The van der Waals surface area contributed by atoms with Gasteiger partial charge >= 0.3 is 0 Å². The predicted octanol–water partition coefficient (Wildman–Crippen LogP) is 8.11. The Morgan fingerprint density at radius 3 is 1.95 bits per heavy atom. The first-order valence-electron chi connectivity index (χ1n) is 13.1. The fraction of sp³-hybridized carbons (Fsp3) is 0.0857. The number of fused-ring (bicyclic) bond motifs is 11. The maximum absolute atomic E-state index is 2.51. The van der Waals surface area contributed by atoms with Gasteiger partial charge in [-0.1, -0.05) is 116 Å². The molecule has 176 valence electrons. The Bertz CT molecular complexity index is 2080. The van der Waals surface area contributed by atoms with Crippen LogP contribution in [0.25, 0.3) is 65.6 Å². The van der Waals surface area contributed by atoms with E-state index in [2.05, 4.69) is 134 Å². The Morgan fingerprint density at radius 1 is 0.514 bits per heavy atom. The summed E-state index contributed by atoms with van der Waals surface area (Å²) in [5.41, 5.74) is 8.11. The monoisotopic (exact) mass is 489 g/mol. The number of aromatic nitrogens is 1. The van der Waals surface area contributed by atoms with Gasteiger partial charge in [0.05, 0.1) is 5.52 Å². The third-order valence-electron chi connectivity index (χ3n) is 8.79. The Kier molecular flexibility index (Phi) is 4.09. The standard InChI is InChI=1S/C35H27NSi/c1-36-30-17-10-16-23(22-19-20-27-26-13-8-9-18-31(26)37(2,3)32(27)21-22)33(30)34-28-14-6-4-11-24(28)25-12-5-7-15-29(25)35(34)36/h4-21H,1-3H3. The summed E-state index contributed by atoms with van der Waals surface area (Å²) >= 11 is 0. The van der Waals surface area contributed by atoms with E-state index < -0.39 is 8.07 Å². The number of hydrogen-bond donors (Lipinski definition) is 0. The van der Waals surface area contributed by atoms with Crippen LogP contribution in [0.3, 0.4) is 0 Å². The third-order valence-corrected chi connectivity index (χ3v) is 12.3. The molecule has 2 heteroatoms. The summed E-state index contributed by atoms with van der Waals surface area (Å²) in [5.74, 6) is 0. The van der Waals surface area contributed by atoms with Crippen LogP contribution in [0, 0.1) is 0 Å². The Balaban J connectivity index is 1.51. The fourth-order valence-electron chi connectivity index (χ4n) is 7.04. The van der Waals surface area contributed by atoms with Gasteiger partial charge in [0, 0.05) is 28.7 Å². The summed E-state index contributed by atoms with van der Waals surface area (Å²) in [5, 5.41) is 11.1. The highest BCUT2D eigenvalue weighted by Gasteiger charge is 2.37. The van der Waals surface area contributed by atoms with Gasteiger partial charge in [0.1, 0.15) is 8.07 Å². The highest BCUT2D eigenvalue weighted by atomic mass is 28.3. The molecule has 0 saturated carbocycles. The first-order chi connectivity index (χ1) is 18.1. The van der Waals surface area contributed by atoms with Gasteiger partial charge in [0.15, 0.2) is 0 Å². The number of benzene rings is 6. The smallest absolute Gasteiger partial charge is 0.113 e. The van der Waals surface area contributed by atoms with Crippen molar-refractivity contribution >= 4 is 61.8 Å². The van der Waals surface area contributed by atoms with Crippen LogP contribution in [0.5, 0.6) is 0 Å². The van der Waals surface area contributed by atoms with Crippen molar-refractivity contribution in [3.63, 3.8) is 0 Å². The summed E-state index contributed by atoms with van der Waals surface area (Å²) in [4.78, 5) is 0. The Labute approximate surface area is 217 Å². The van der Waals surface area contributed by atoms with Gasteiger partial charge in [-0.15, -0.1) is 0 Å². The van der Waals surface area contributed by atoms with E-state index >= 15 is 0 Å². The molecule has 0 unspecified atom stereocenters. The molecule has 2 heterocycles. The summed E-state index contributed by atoms with van der Waals surface area (Å²) in [7, 11) is 0.480. The molecule has 0 spiro atoms. The van der Waals surface area contributed by atoms with Crippen LogP contribution in [-0.2, 0) is 7.05 Å². The summed E-state index contributed by atoms with van der Waals surface area (Å²) < 4.78 is 2.41. The number of rotatable bonds is 1. The van der Waals surface area contributed by atoms with Crippen molar-refractivity contribution in [2.75, 3.05) is 0 Å². The third kappa shape index (κ3) is 2.63. The van der Waals surface area contributed by atoms with Gasteiger partial charge < -0.3 is 4.57 Å². The maximum atomic E-state index is 2.51. The predicted molar refractivity (Wildman–Crippen MR) is 163 cm³/mol. The second-order valence-corrected chi connectivity index (χ2v) is 15.3. The van der Waals surface area contributed by atoms with Gasteiger partial charge in [0.25, 0.3) is 0 Å². The quantitative estimate of drug-likeness (QED) is 0.162. The average molecular weight is 490 g/mol. The summed E-state index contributed by atoms with van der Waals surface area (Å²) in [6.07, 6.45) is 0. The molecule has 1 nitrogen and oxygen atoms in total. The maximum Gasteiger partial charge on any atom is 0.113 e. The van der Waals surface area contributed by atoms with Crippen molar-refractivity contribution in [1.82, 2.24) is 4.57 Å². The van der Waals surface area contributed by atoms with Gasteiger partial charge in [-0.2, -0.15) is 0 Å². The average Bonchev–Trinajstić information content (AvgIpc) is 3.37. The molecule has 0 radical (unpaired) electrons. The molecule has 0 bridgehead atoms. The second kappa shape index (κ2) is 7.21. The second-order valence-electron chi connectivity index (χ2n) is 11.0. The van der Waals surface area contributed by atoms with Crippen LogP contribution in [0.4, 0.5) is 0 Å². The zero-order valence-electron chi connectivity index (χ0n) is 21.3. The lowest BCUT2D eigenvalue weighted by molar-refractivity contribution is 1.02. The molecule has 1 aromatic heterocycles. The van der Waals surface area contributed by atoms with Gasteiger partial charge in [-0.25, -0.2) is 0 Å². The van der Waals surface area contributed by atoms with Crippen molar-refractivity contribution in [3.05, 3.63) is 109 Å². The van der Waals surface area contributed by atoms with Crippen molar-refractivity contribution in [1.29, 1.82) is 0 Å². The SMILES string of the molecule is Cn1c2cccc(-c3ccc4c(c3)[Si](C)(C)c3ccccc3-4)c2c2c3ccccc3c3ccccc3c21. The van der Waals surface area contributed by atoms with Crippen LogP contribution in [0.1, 0.15) is 0 Å². The summed E-state index contributed by atoms with van der Waals surface area (Å²) in [6, 6.07) is 40.9. The molecule has 37 heavy (non-hydrogen) atoms. The van der Waals surface area contributed by atoms with E-state index in [1.54, 1.807) is 10.4 Å². The highest BCUT2D eigenvalue weighted by molar-refractivity contribution is 7.03. The van der Waals surface area contributed by atoms with Gasteiger partial charge in [-0.3, -0.25) is 0 Å². The first kappa shape index (κ1) is 21.0. The lowest BCUT2D eigenvalue weighted by Gasteiger charge is -2.19. The molecule has 0 saturated heterocycles. The molecule has 0 N–H and O–H groups in total. The lowest BCUT2D eigenvalue weighted by atomic mass is 9.93. The number of hydrogen-bond acceptors (Lipinski definition) is 0. The molecule has 0 atom stereocenters. The van der Waals surface area contributed by atoms with Crippen molar-refractivity contribution < 1.29 is 0 Å². The van der Waals surface area contributed by atoms with Crippen LogP contribution < -0.4 is 10.4 Å². The van der Waals surface area contributed by atoms with Gasteiger partial charge in [0.2, 0.25) is 0 Å². The van der Waals surface area contributed by atoms with E-state index in [-0.39, 0.29) is 0 Å². The van der Waals surface area contributed by atoms with Crippen LogP contribution in [0.15, 0.2) is 109 Å². The zero-order valence-corrected chi connectivity index (χ0v) is 22.3. The molecular formula is C35H27NSi. The molecule has 0 fully saturated rings. The van der Waals surface area contributed by atoms with E-state index in [0.29, 0.717) is 0 Å². The Morgan fingerprint density at radius 2 is 1.14 bits per heavy atom. The van der Waals surface area contributed by atoms with E-state index in [4.69, 9.17) is 0 Å². The Hall–Kier alpha value is -4.14. The van der Waals surface area contributed by atoms with Crippen molar-refractivity contribution in [2.45, 2.75) is 13.1 Å². The minimum atomic E-state index is -1.75. The number of aryl methyl sites for hydroxylation is 1. The van der Waals surface area contributed by atoms with Gasteiger partial charge in [-0.05, 0) is 54.9 Å². The fourth-order valence-corrected chi connectivity index (χ4v) is 10.1. The molecule has 0 aliphatic carbocycles. The van der Waals surface area contributed by atoms with E-state index in [9.17, 15) is 0 Å². The van der Waals surface area contributed by atoms with Crippen LogP contribution in [0.2, 0.25) is 13.1 Å². The largest absolute Gasteiger partial charge is 0.343 e. The van der Waals surface area contributed by atoms with Crippen molar-refractivity contribution in [2.24, 2.45) is 7.05 Å². The molecule has 1 aliphatic heterocycles. The number of nitrogens with zero attached hydrogens (tertiary/aromatic N) is 1. The van der Waals surface area contributed by atoms with E-state index in [0.717, 1.165) is 0 Å². The first-order valence-corrected chi connectivity index (χ1v) is 16.1. The molecule has 0 amide bonds. The molecule has 6 aromatic carbocycles.